The molecule has 6 heteroatoms. The van der Waals surface area contributed by atoms with Crippen molar-refractivity contribution in [3.8, 4) is 0 Å². The molecule has 0 aromatic rings. The molecular formula is C13H23NO4S. The third-order valence-corrected chi connectivity index (χ3v) is 6.11. The van der Waals surface area contributed by atoms with Crippen molar-refractivity contribution in [2.24, 2.45) is 11.8 Å². The van der Waals surface area contributed by atoms with Gasteiger partial charge >= 0.3 is 5.97 Å². The van der Waals surface area contributed by atoms with Crippen molar-refractivity contribution >= 4 is 16.0 Å². The summed E-state index contributed by atoms with van der Waals surface area (Å²) in [7, 11) is -2.08. The van der Waals surface area contributed by atoms with Crippen LogP contribution in [0.4, 0.5) is 0 Å². The predicted octanol–water partition coefficient (Wildman–Crippen LogP) is 1.44. The third-order valence-electron chi connectivity index (χ3n) is 4.14. The Hall–Kier alpha value is -0.620. The highest BCUT2D eigenvalue weighted by molar-refractivity contribution is 7.90. The van der Waals surface area contributed by atoms with E-state index in [4.69, 9.17) is 4.74 Å². The van der Waals surface area contributed by atoms with Crippen LogP contribution in [0.2, 0.25) is 0 Å². The smallest absolute Gasteiger partial charge is 0.310 e. The number of esters is 1. The number of nitrogens with one attached hydrogen (secondary N) is 1. The zero-order valence-electron chi connectivity index (χ0n) is 11.4. The van der Waals surface area contributed by atoms with Gasteiger partial charge in [0.05, 0.1) is 18.3 Å². The van der Waals surface area contributed by atoms with E-state index in [1.807, 2.05) is 0 Å². The summed E-state index contributed by atoms with van der Waals surface area (Å²) in [5, 5.41) is -0.610. The lowest BCUT2D eigenvalue weighted by atomic mass is 10.1. The highest BCUT2D eigenvalue weighted by atomic mass is 32.2. The molecule has 0 aromatic heterocycles. The Balaban J connectivity index is 1.84. The lowest BCUT2D eigenvalue weighted by molar-refractivity contribution is -0.145. The number of hydrogen-bond donors (Lipinski definition) is 1. The second-order valence-corrected chi connectivity index (χ2v) is 7.61. The molecule has 0 spiro atoms. The highest BCUT2D eigenvalue weighted by Gasteiger charge is 2.41. The predicted molar refractivity (Wildman–Crippen MR) is 72.0 cm³/mol. The molecule has 2 fully saturated rings. The van der Waals surface area contributed by atoms with Gasteiger partial charge in [0.25, 0.3) is 0 Å². The molecule has 0 amide bonds. The topological polar surface area (TPSA) is 72.5 Å². The molecule has 2 aliphatic carbocycles. The van der Waals surface area contributed by atoms with Crippen molar-refractivity contribution in [2.75, 3.05) is 13.7 Å². The van der Waals surface area contributed by atoms with Gasteiger partial charge in [-0.05, 0) is 31.6 Å². The van der Waals surface area contributed by atoms with E-state index in [0.717, 1.165) is 25.2 Å². The van der Waals surface area contributed by atoms with Gasteiger partial charge in [0.15, 0.2) is 0 Å². The second-order valence-electron chi connectivity index (χ2n) is 5.62. The van der Waals surface area contributed by atoms with Crippen LogP contribution in [0.15, 0.2) is 0 Å². The van der Waals surface area contributed by atoms with E-state index in [9.17, 15) is 13.2 Å². The molecule has 19 heavy (non-hydrogen) atoms. The van der Waals surface area contributed by atoms with Crippen LogP contribution in [-0.4, -0.2) is 33.3 Å². The molecule has 2 atom stereocenters. The van der Waals surface area contributed by atoms with Gasteiger partial charge in [-0.2, -0.15) is 0 Å². The first kappa shape index (κ1) is 14.8. The summed E-state index contributed by atoms with van der Waals surface area (Å²) in [6, 6.07) is 0. The second kappa shape index (κ2) is 6.22. The van der Waals surface area contributed by atoms with Crippen LogP contribution >= 0.6 is 0 Å². The summed E-state index contributed by atoms with van der Waals surface area (Å²) in [5.74, 6) is -0.0735. The minimum absolute atomic E-state index is 0.397. The van der Waals surface area contributed by atoms with Crippen LogP contribution < -0.4 is 4.72 Å². The van der Waals surface area contributed by atoms with E-state index in [1.165, 1.54) is 20.0 Å². The molecular weight excluding hydrogens is 266 g/mol. The maximum absolute atomic E-state index is 12.2. The first-order valence-corrected chi connectivity index (χ1v) is 8.65. The number of carbonyl (C=O) groups is 1. The van der Waals surface area contributed by atoms with Gasteiger partial charge in [-0.3, -0.25) is 4.79 Å². The number of sulfonamides is 1. The monoisotopic (exact) mass is 289 g/mol. The summed E-state index contributed by atoms with van der Waals surface area (Å²) < 4.78 is 31.8. The van der Waals surface area contributed by atoms with E-state index in [-0.39, 0.29) is 0 Å². The molecule has 2 rings (SSSR count). The van der Waals surface area contributed by atoms with Crippen LogP contribution in [0.3, 0.4) is 0 Å². The van der Waals surface area contributed by atoms with Gasteiger partial charge in [0.1, 0.15) is 0 Å². The summed E-state index contributed by atoms with van der Waals surface area (Å²) in [4.78, 5) is 11.6. The first-order valence-electron chi connectivity index (χ1n) is 7.11. The Morgan fingerprint density at radius 1 is 1.26 bits per heavy atom. The van der Waals surface area contributed by atoms with Gasteiger partial charge in [-0.25, -0.2) is 13.1 Å². The lowest BCUT2D eigenvalue weighted by Crippen LogP contribution is -2.39. The molecule has 0 bridgehead atoms. The Morgan fingerprint density at radius 3 is 2.63 bits per heavy atom. The van der Waals surface area contributed by atoms with Gasteiger partial charge in [-0.15, -0.1) is 0 Å². The molecule has 0 saturated heterocycles. The lowest BCUT2D eigenvalue weighted by Gasteiger charge is -2.18. The molecule has 2 unspecified atom stereocenters. The van der Waals surface area contributed by atoms with Crippen LogP contribution in [0.1, 0.15) is 44.9 Å². The Bertz CT molecular complexity index is 416. The van der Waals surface area contributed by atoms with Gasteiger partial charge in [0.2, 0.25) is 10.0 Å². The molecule has 0 radical (unpaired) electrons. The van der Waals surface area contributed by atoms with Crippen molar-refractivity contribution in [3.63, 3.8) is 0 Å². The fraction of sp³-hybridized carbons (Fsp3) is 0.923. The molecule has 0 heterocycles. The van der Waals surface area contributed by atoms with Crippen molar-refractivity contribution in [1.29, 1.82) is 0 Å². The zero-order chi connectivity index (χ0) is 13.9. The summed E-state index contributed by atoms with van der Waals surface area (Å²) >= 11 is 0. The quantitative estimate of drug-likeness (QED) is 0.568. The molecule has 0 aromatic carbocycles. The van der Waals surface area contributed by atoms with E-state index in [1.54, 1.807) is 0 Å². The van der Waals surface area contributed by atoms with Gasteiger partial charge in [-0.1, -0.05) is 19.3 Å². The minimum Gasteiger partial charge on any atom is -0.469 e. The molecule has 2 saturated carbocycles. The maximum Gasteiger partial charge on any atom is 0.310 e. The maximum atomic E-state index is 12.2. The fourth-order valence-electron chi connectivity index (χ4n) is 2.84. The molecule has 110 valence electrons. The first-order chi connectivity index (χ1) is 9.04. The normalized spacial score (nSPS) is 27.4. The van der Waals surface area contributed by atoms with Gasteiger partial charge in [0, 0.05) is 6.54 Å². The van der Waals surface area contributed by atoms with Crippen molar-refractivity contribution in [1.82, 2.24) is 4.72 Å². The standard InChI is InChI=1S/C13H23NO4S/c1-18-13(15)11-5-2-6-12(11)19(16,17)14-9-3-4-10-7-8-10/h10-12,14H,2-9H2,1H3. The van der Waals surface area contributed by atoms with E-state index >= 15 is 0 Å². The van der Waals surface area contributed by atoms with Crippen molar-refractivity contribution in [2.45, 2.75) is 50.2 Å². The average Bonchev–Trinajstić information content (AvgIpc) is 3.07. The number of hydrogen-bond acceptors (Lipinski definition) is 4. The number of methoxy groups -OCH3 is 1. The van der Waals surface area contributed by atoms with Crippen LogP contribution in [0.5, 0.6) is 0 Å². The van der Waals surface area contributed by atoms with Crippen molar-refractivity contribution < 1.29 is 17.9 Å². The summed E-state index contributed by atoms with van der Waals surface area (Å²) in [6.07, 6.45) is 6.51. The van der Waals surface area contributed by atoms with Gasteiger partial charge < -0.3 is 4.74 Å². The average molecular weight is 289 g/mol. The zero-order valence-corrected chi connectivity index (χ0v) is 12.2. The molecule has 5 nitrogen and oxygen atoms in total. The molecule has 2 aliphatic rings. The third kappa shape index (κ3) is 3.92. The Labute approximate surface area is 115 Å². The minimum atomic E-state index is -3.39. The SMILES string of the molecule is COC(=O)C1CCCC1S(=O)(=O)NCCCC1CC1. The number of carbonyl (C=O) groups excluding carboxylic acids is 1. The Kier molecular flexibility index (Phi) is 4.84. The van der Waals surface area contributed by atoms with Crippen LogP contribution in [0.25, 0.3) is 0 Å². The fourth-order valence-corrected chi connectivity index (χ4v) is 4.64. The highest BCUT2D eigenvalue weighted by Crippen LogP contribution is 2.34. The number of ether oxygens (including phenoxy) is 1. The largest absolute Gasteiger partial charge is 0.469 e. The molecule has 0 aliphatic heterocycles. The summed E-state index contributed by atoms with van der Waals surface area (Å²) in [6.45, 7) is 0.489. The van der Waals surface area contributed by atoms with Crippen LogP contribution in [-0.2, 0) is 19.6 Å². The summed E-state index contributed by atoms with van der Waals surface area (Å²) in [5.41, 5.74) is 0. The number of rotatable bonds is 7. The molecule has 1 N–H and O–H groups in total. The van der Waals surface area contributed by atoms with Crippen LogP contribution in [0, 0.1) is 11.8 Å². The van der Waals surface area contributed by atoms with E-state index in [0.29, 0.717) is 19.4 Å². The van der Waals surface area contributed by atoms with E-state index in [2.05, 4.69) is 4.72 Å². The van der Waals surface area contributed by atoms with Crippen molar-refractivity contribution in [3.05, 3.63) is 0 Å². The van der Waals surface area contributed by atoms with E-state index < -0.39 is 27.2 Å². The Morgan fingerprint density at radius 2 is 2.00 bits per heavy atom.